The van der Waals surface area contributed by atoms with Crippen LogP contribution in [0.2, 0.25) is 0 Å². The van der Waals surface area contributed by atoms with E-state index in [2.05, 4.69) is 67.9 Å². The second-order valence-corrected chi connectivity index (χ2v) is 6.94. The van der Waals surface area contributed by atoms with Gasteiger partial charge in [0.05, 0.1) is 0 Å². The first kappa shape index (κ1) is 18.8. The first-order chi connectivity index (χ1) is 14.1. The van der Waals surface area contributed by atoms with Crippen molar-refractivity contribution < 1.29 is 0 Å². The van der Waals surface area contributed by atoms with Crippen molar-refractivity contribution in [2.24, 2.45) is 0 Å². The molecule has 3 aromatic heterocycles. The van der Waals surface area contributed by atoms with Crippen molar-refractivity contribution in [3.63, 3.8) is 0 Å². The second-order valence-electron chi connectivity index (χ2n) is 6.94. The Morgan fingerprint density at radius 3 is 2.48 bits per heavy atom. The molecule has 0 aliphatic carbocycles. The van der Waals surface area contributed by atoms with Crippen LogP contribution in [-0.2, 0) is 6.42 Å². The molecule has 1 atom stereocenters. The number of hydrogen-bond acceptors (Lipinski definition) is 5. The number of imidazole rings is 1. The van der Waals surface area contributed by atoms with E-state index in [1.807, 2.05) is 43.6 Å². The average Bonchev–Trinajstić information content (AvgIpc) is 3.20. The summed E-state index contributed by atoms with van der Waals surface area (Å²) in [6.45, 7) is 6.22. The zero-order valence-electron chi connectivity index (χ0n) is 16.9. The summed E-state index contributed by atoms with van der Waals surface area (Å²) in [6.07, 6.45) is 6.38. The lowest BCUT2D eigenvalue weighted by atomic mass is 10.1. The maximum atomic E-state index is 4.69. The molecule has 6 heteroatoms. The van der Waals surface area contributed by atoms with Crippen molar-refractivity contribution in [1.29, 1.82) is 0 Å². The SMILES string of the molecule is CCc1cc(NC(C)c2ccc(-n3ccnc3C)cc2)nc(-c2ccccn2)n1. The molecule has 1 unspecified atom stereocenters. The fraction of sp³-hybridized carbons (Fsp3) is 0.217. The molecule has 4 aromatic rings. The van der Waals surface area contributed by atoms with Gasteiger partial charge in [0.15, 0.2) is 5.82 Å². The number of pyridine rings is 1. The van der Waals surface area contributed by atoms with Crippen molar-refractivity contribution in [1.82, 2.24) is 24.5 Å². The van der Waals surface area contributed by atoms with Crippen LogP contribution in [0, 0.1) is 6.92 Å². The summed E-state index contributed by atoms with van der Waals surface area (Å²) in [6, 6.07) is 16.4. The van der Waals surface area contributed by atoms with Crippen molar-refractivity contribution >= 4 is 5.82 Å². The third kappa shape index (κ3) is 4.16. The standard InChI is InChI=1S/C23H24N6/c1-4-19-15-22(28-23(27-19)21-7-5-6-12-25-21)26-16(2)18-8-10-20(11-9-18)29-14-13-24-17(29)3/h5-16H,4H2,1-3H3,(H,26,27,28). The second kappa shape index (κ2) is 8.22. The Kier molecular flexibility index (Phi) is 5.33. The fourth-order valence-electron chi connectivity index (χ4n) is 3.24. The smallest absolute Gasteiger partial charge is 0.180 e. The first-order valence-corrected chi connectivity index (χ1v) is 9.80. The summed E-state index contributed by atoms with van der Waals surface area (Å²) >= 11 is 0. The Bertz CT molecular complexity index is 1090. The van der Waals surface area contributed by atoms with Gasteiger partial charge in [-0.3, -0.25) is 4.98 Å². The summed E-state index contributed by atoms with van der Waals surface area (Å²) in [5.41, 5.74) is 4.05. The minimum atomic E-state index is 0.101. The molecule has 0 fully saturated rings. The molecule has 146 valence electrons. The lowest BCUT2D eigenvalue weighted by Gasteiger charge is -2.17. The molecular weight excluding hydrogens is 360 g/mol. The molecule has 1 aromatic carbocycles. The number of rotatable bonds is 6. The van der Waals surface area contributed by atoms with E-state index >= 15 is 0 Å². The average molecular weight is 384 g/mol. The number of aromatic nitrogens is 5. The molecule has 0 saturated heterocycles. The molecule has 0 amide bonds. The van der Waals surface area contributed by atoms with Crippen LogP contribution in [0.4, 0.5) is 5.82 Å². The summed E-state index contributed by atoms with van der Waals surface area (Å²) in [4.78, 5) is 18.0. The summed E-state index contributed by atoms with van der Waals surface area (Å²) in [5.74, 6) is 2.42. The zero-order chi connectivity index (χ0) is 20.2. The van der Waals surface area contributed by atoms with E-state index in [0.29, 0.717) is 5.82 Å². The van der Waals surface area contributed by atoms with E-state index < -0.39 is 0 Å². The van der Waals surface area contributed by atoms with Gasteiger partial charge in [-0.1, -0.05) is 25.1 Å². The van der Waals surface area contributed by atoms with Crippen LogP contribution in [0.5, 0.6) is 0 Å². The topological polar surface area (TPSA) is 68.5 Å². The van der Waals surface area contributed by atoms with Crippen molar-refractivity contribution in [3.8, 4) is 17.2 Å². The molecule has 0 aliphatic rings. The van der Waals surface area contributed by atoms with Gasteiger partial charge in [-0.25, -0.2) is 15.0 Å². The molecule has 0 spiro atoms. The summed E-state index contributed by atoms with van der Waals surface area (Å²) in [7, 11) is 0. The number of hydrogen-bond donors (Lipinski definition) is 1. The van der Waals surface area contributed by atoms with E-state index in [9.17, 15) is 0 Å². The molecule has 0 aliphatic heterocycles. The number of anilines is 1. The van der Waals surface area contributed by atoms with Crippen LogP contribution in [0.15, 0.2) is 67.1 Å². The Labute approximate surface area is 170 Å². The first-order valence-electron chi connectivity index (χ1n) is 9.80. The number of nitrogens with one attached hydrogen (secondary N) is 1. The monoisotopic (exact) mass is 384 g/mol. The van der Waals surface area contributed by atoms with Crippen LogP contribution in [0.3, 0.4) is 0 Å². The highest BCUT2D eigenvalue weighted by atomic mass is 15.1. The van der Waals surface area contributed by atoms with E-state index in [0.717, 1.165) is 35.1 Å². The Morgan fingerprint density at radius 1 is 1.00 bits per heavy atom. The van der Waals surface area contributed by atoms with Gasteiger partial charge >= 0.3 is 0 Å². The van der Waals surface area contributed by atoms with Gasteiger partial charge in [0.1, 0.15) is 17.3 Å². The van der Waals surface area contributed by atoms with Crippen molar-refractivity contribution in [2.75, 3.05) is 5.32 Å². The highest BCUT2D eigenvalue weighted by molar-refractivity contribution is 5.53. The Hall–Kier alpha value is -3.54. The van der Waals surface area contributed by atoms with Crippen LogP contribution in [-0.4, -0.2) is 24.5 Å². The lowest BCUT2D eigenvalue weighted by Crippen LogP contribution is -2.10. The van der Waals surface area contributed by atoms with E-state index in [1.54, 1.807) is 6.20 Å². The zero-order valence-corrected chi connectivity index (χ0v) is 16.9. The highest BCUT2D eigenvalue weighted by Gasteiger charge is 2.11. The molecule has 4 rings (SSSR count). The molecule has 6 nitrogen and oxygen atoms in total. The van der Waals surface area contributed by atoms with Gasteiger partial charge < -0.3 is 9.88 Å². The Morgan fingerprint density at radius 2 is 1.83 bits per heavy atom. The predicted molar refractivity (Wildman–Crippen MR) is 115 cm³/mol. The number of nitrogens with zero attached hydrogens (tertiary/aromatic N) is 5. The van der Waals surface area contributed by atoms with E-state index in [4.69, 9.17) is 0 Å². The maximum Gasteiger partial charge on any atom is 0.180 e. The van der Waals surface area contributed by atoms with Crippen molar-refractivity contribution in [2.45, 2.75) is 33.2 Å². The highest BCUT2D eigenvalue weighted by Crippen LogP contribution is 2.22. The van der Waals surface area contributed by atoms with Gasteiger partial charge in [-0.15, -0.1) is 0 Å². The fourth-order valence-corrected chi connectivity index (χ4v) is 3.24. The lowest BCUT2D eigenvalue weighted by molar-refractivity contribution is 0.865. The van der Waals surface area contributed by atoms with Gasteiger partial charge in [0, 0.05) is 42.1 Å². The normalized spacial score (nSPS) is 12.0. The van der Waals surface area contributed by atoms with Gasteiger partial charge in [0.25, 0.3) is 0 Å². The van der Waals surface area contributed by atoms with Crippen molar-refractivity contribution in [3.05, 3.63) is 84.2 Å². The largest absolute Gasteiger partial charge is 0.363 e. The molecule has 29 heavy (non-hydrogen) atoms. The molecule has 0 bridgehead atoms. The molecule has 0 saturated carbocycles. The molecule has 0 radical (unpaired) electrons. The number of aryl methyl sites for hydroxylation is 2. The van der Waals surface area contributed by atoms with Gasteiger partial charge in [-0.2, -0.15) is 0 Å². The third-order valence-corrected chi connectivity index (χ3v) is 4.90. The van der Waals surface area contributed by atoms with Crippen LogP contribution >= 0.6 is 0 Å². The summed E-state index contributed by atoms with van der Waals surface area (Å²) in [5, 5.41) is 3.51. The van der Waals surface area contributed by atoms with Crippen LogP contribution < -0.4 is 5.32 Å². The van der Waals surface area contributed by atoms with Crippen LogP contribution in [0.25, 0.3) is 17.2 Å². The quantitative estimate of drug-likeness (QED) is 0.519. The van der Waals surface area contributed by atoms with E-state index in [-0.39, 0.29) is 6.04 Å². The van der Waals surface area contributed by atoms with Crippen LogP contribution in [0.1, 0.15) is 37.0 Å². The maximum absolute atomic E-state index is 4.69. The minimum Gasteiger partial charge on any atom is -0.363 e. The predicted octanol–water partition coefficient (Wildman–Crippen LogP) is 4.77. The Balaban J connectivity index is 1.56. The number of benzene rings is 1. The van der Waals surface area contributed by atoms with Gasteiger partial charge in [0.2, 0.25) is 0 Å². The van der Waals surface area contributed by atoms with E-state index in [1.165, 1.54) is 5.56 Å². The minimum absolute atomic E-state index is 0.101. The molecule has 3 heterocycles. The molecule has 1 N–H and O–H groups in total. The summed E-state index contributed by atoms with van der Waals surface area (Å²) < 4.78 is 2.07. The third-order valence-electron chi connectivity index (χ3n) is 4.90. The van der Waals surface area contributed by atoms with Gasteiger partial charge in [-0.05, 0) is 50.1 Å². The molecular formula is C23H24N6.